The molecule has 3 aliphatic carbocycles. The second kappa shape index (κ2) is 11.7. The fourth-order valence-corrected chi connectivity index (χ4v) is 10.6. The molecule has 1 heterocycles. The molecule has 0 bridgehead atoms. The molecule has 0 amide bonds. The van der Waals surface area contributed by atoms with Crippen LogP contribution in [0.2, 0.25) is 0 Å². The minimum Gasteiger partial charge on any atom is -0.228 e. The van der Waals surface area contributed by atoms with Gasteiger partial charge in [0, 0.05) is 16.7 Å². The van der Waals surface area contributed by atoms with Crippen molar-refractivity contribution in [2.45, 2.75) is 10.8 Å². The lowest BCUT2D eigenvalue weighted by molar-refractivity contribution is 0.634. The highest BCUT2D eigenvalue weighted by molar-refractivity contribution is 5.95. The third-order valence-electron chi connectivity index (χ3n) is 12.6. The zero-order valence-electron chi connectivity index (χ0n) is 30.5. The van der Waals surface area contributed by atoms with Gasteiger partial charge in [0.1, 0.15) is 0 Å². The summed E-state index contributed by atoms with van der Waals surface area (Å²) < 4.78 is 0. The van der Waals surface area contributed by atoms with Gasteiger partial charge in [-0.25, -0.2) is 9.97 Å². The molecule has 260 valence electrons. The molecular weight excluding hydrogens is 677 g/mol. The summed E-state index contributed by atoms with van der Waals surface area (Å²) in [6.45, 7) is 0. The molecule has 0 unspecified atom stereocenters. The Morgan fingerprint density at radius 3 is 1.07 bits per heavy atom. The maximum Gasteiger partial charge on any atom is 0.160 e. The van der Waals surface area contributed by atoms with E-state index in [1.54, 1.807) is 0 Å². The van der Waals surface area contributed by atoms with Gasteiger partial charge in [-0.05, 0) is 72.8 Å². The van der Waals surface area contributed by atoms with Crippen molar-refractivity contribution in [3.8, 4) is 56.2 Å². The molecule has 0 fully saturated rings. The number of benzene rings is 8. The predicted molar refractivity (Wildman–Crippen MR) is 227 cm³/mol. The van der Waals surface area contributed by atoms with Gasteiger partial charge < -0.3 is 0 Å². The predicted octanol–water partition coefficient (Wildman–Crippen LogP) is 12.5. The van der Waals surface area contributed by atoms with Gasteiger partial charge in [0.2, 0.25) is 0 Å². The number of aromatic nitrogens is 2. The van der Waals surface area contributed by atoms with Crippen LogP contribution in [0, 0.1) is 0 Å². The van der Waals surface area contributed by atoms with Crippen molar-refractivity contribution in [1.29, 1.82) is 0 Å². The van der Waals surface area contributed by atoms with Crippen LogP contribution in [0.1, 0.15) is 44.5 Å². The molecule has 56 heavy (non-hydrogen) atoms. The van der Waals surface area contributed by atoms with Crippen molar-refractivity contribution in [2.75, 3.05) is 0 Å². The number of fused-ring (bicyclic) bond motifs is 16. The summed E-state index contributed by atoms with van der Waals surface area (Å²) in [5, 5.41) is 0. The topological polar surface area (TPSA) is 25.8 Å². The average Bonchev–Trinajstić information content (AvgIpc) is 3.74. The summed E-state index contributed by atoms with van der Waals surface area (Å²) in [7, 11) is 0. The van der Waals surface area contributed by atoms with Crippen LogP contribution < -0.4 is 0 Å². The number of rotatable bonds is 3. The molecule has 0 saturated carbocycles. The van der Waals surface area contributed by atoms with Crippen LogP contribution in [0.3, 0.4) is 0 Å². The summed E-state index contributed by atoms with van der Waals surface area (Å²) in [4.78, 5) is 11.0. The van der Waals surface area contributed by atoms with Gasteiger partial charge in [-0.15, -0.1) is 0 Å². The van der Waals surface area contributed by atoms with Crippen LogP contribution in [0.25, 0.3) is 56.2 Å². The molecule has 3 aliphatic rings. The number of hydrogen-bond acceptors (Lipinski definition) is 2. The summed E-state index contributed by atoms with van der Waals surface area (Å²) in [5.74, 6) is 0.720. The van der Waals surface area contributed by atoms with Crippen LogP contribution in [0.15, 0.2) is 206 Å². The molecule has 0 aliphatic heterocycles. The van der Waals surface area contributed by atoms with Crippen LogP contribution in [0.4, 0.5) is 0 Å². The molecule has 0 saturated heterocycles. The normalized spacial score (nSPS) is 14.4. The van der Waals surface area contributed by atoms with Gasteiger partial charge in [-0.2, -0.15) is 0 Å². The van der Waals surface area contributed by atoms with E-state index in [1.165, 1.54) is 66.8 Å². The Morgan fingerprint density at radius 1 is 0.268 bits per heavy atom. The third-order valence-corrected chi connectivity index (χ3v) is 12.6. The second-order valence-corrected chi connectivity index (χ2v) is 15.2. The highest BCUT2D eigenvalue weighted by Gasteiger charge is 2.59. The first-order chi connectivity index (χ1) is 27.8. The third kappa shape index (κ3) is 3.95. The van der Waals surface area contributed by atoms with Crippen molar-refractivity contribution in [1.82, 2.24) is 9.97 Å². The molecule has 2 nitrogen and oxygen atoms in total. The Hall–Kier alpha value is -7.16. The first-order valence-electron chi connectivity index (χ1n) is 19.4. The van der Waals surface area contributed by atoms with Gasteiger partial charge in [0.25, 0.3) is 0 Å². The van der Waals surface area contributed by atoms with E-state index in [9.17, 15) is 0 Å². The fourth-order valence-electron chi connectivity index (χ4n) is 10.6. The lowest BCUT2D eigenvalue weighted by Gasteiger charge is -2.49. The van der Waals surface area contributed by atoms with Gasteiger partial charge in [0.15, 0.2) is 5.82 Å². The van der Waals surface area contributed by atoms with Gasteiger partial charge in [0.05, 0.1) is 22.2 Å². The van der Waals surface area contributed by atoms with E-state index in [0.717, 1.165) is 33.9 Å². The molecule has 0 atom stereocenters. The van der Waals surface area contributed by atoms with Gasteiger partial charge in [-0.1, -0.05) is 200 Å². The Bertz CT molecular complexity index is 2880. The number of nitrogens with zero attached hydrogens (tertiary/aromatic N) is 2. The average molecular weight is 711 g/mol. The lowest BCUT2D eigenvalue weighted by atomic mass is 9.51. The Balaban J connectivity index is 1.29. The standard InChI is InChI=1S/C54H34N2/c1-3-18-35(19-4-1)49-34-50(36-20-5-2-6-21-36)56-52(55-49)41-26-17-33-48-51(41)54(44-29-13-9-24-39(44)40-25-10-14-30-45(40)54)47-32-16-15-31-46(47)53(48)42-27-11-7-22-37(42)38-23-8-12-28-43(38)53/h1-34H. The van der Waals surface area contributed by atoms with E-state index < -0.39 is 10.8 Å². The van der Waals surface area contributed by atoms with Crippen LogP contribution in [-0.4, -0.2) is 9.97 Å². The minimum absolute atomic E-state index is 0.577. The van der Waals surface area contributed by atoms with Crippen LogP contribution in [0.5, 0.6) is 0 Å². The summed E-state index contributed by atoms with van der Waals surface area (Å²) in [5.41, 5.74) is 19.2. The summed E-state index contributed by atoms with van der Waals surface area (Å²) >= 11 is 0. The SMILES string of the molecule is c1ccc(-c2cc(-c3ccccc3)nc(-c3cccc4c3C3(c5ccccc5-c5ccccc53)c3ccccc3C43c4ccccc4-c4ccccc43)n2)cc1. The molecule has 8 aromatic carbocycles. The minimum atomic E-state index is -0.646. The van der Waals surface area contributed by atoms with Crippen molar-refractivity contribution in [3.63, 3.8) is 0 Å². The highest BCUT2D eigenvalue weighted by Crippen LogP contribution is 2.68. The fraction of sp³-hybridized carbons (Fsp3) is 0.0370. The molecule has 0 N–H and O–H groups in total. The Morgan fingerprint density at radius 2 is 0.607 bits per heavy atom. The van der Waals surface area contributed by atoms with E-state index in [0.29, 0.717) is 0 Å². The molecule has 2 spiro atoms. The smallest absolute Gasteiger partial charge is 0.160 e. The molecular formula is C54H34N2. The Kier molecular flexibility index (Phi) is 6.50. The second-order valence-electron chi connectivity index (χ2n) is 15.2. The summed E-state index contributed by atoms with van der Waals surface area (Å²) in [6, 6.07) is 75.6. The molecule has 1 aromatic heterocycles. The first-order valence-corrected chi connectivity index (χ1v) is 19.4. The van der Waals surface area contributed by atoms with Crippen molar-refractivity contribution >= 4 is 0 Å². The van der Waals surface area contributed by atoms with Crippen molar-refractivity contribution in [2.24, 2.45) is 0 Å². The number of hydrogen-bond donors (Lipinski definition) is 0. The van der Waals surface area contributed by atoms with Crippen LogP contribution in [-0.2, 0) is 10.8 Å². The maximum absolute atomic E-state index is 5.52. The first kappa shape index (κ1) is 31.2. The molecule has 2 heteroatoms. The van der Waals surface area contributed by atoms with E-state index in [2.05, 4.69) is 206 Å². The van der Waals surface area contributed by atoms with E-state index in [-0.39, 0.29) is 0 Å². The monoisotopic (exact) mass is 710 g/mol. The quantitative estimate of drug-likeness (QED) is 0.182. The van der Waals surface area contributed by atoms with Crippen molar-refractivity contribution < 1.29 is 0 Å². The zero-order chi connectivity index (χ0) is 36.8. The van der Waals surface area contributed by atoms with E-state index in [1.807, 2.05) is 0 Å². The highest BCUT2D eigenvalue weighted by atomic mass is 14.9. The van der Waals surface area contributed by atoms with E-state index >= 15 is 0 Å². The zero-order valence-corrected chi connectivity index (χ0v) is 30.5. The maximum atomic E-state index is 5.52. The Labute approximate surface area is 326 Å². The summed E-state index contributed by atoms with van der Waals surface area (Å²) in [6.07, 6.45) is 0. The molecule has 9 aromatic rings. The lowest BCUT2D eigenvalue weighted by Crippen LogP contribution is -2.44. The molecule has 12 rings (SSSR count). The van der Waals surface area contributed by atoms with Crippen LogP contribution >= 0.6 is 0 Å². The van der Waals surface area contributed by atoms with Crippen molar-refractivity contribution in [3.05, 3.63) is 251 Å². The van der Waals surface area contributed by atoms with E-state index in [4.69, 9.17) is 9.97 Å². The largest absolute Gasteiger partial charge is 0.228 e. The van der Waals surface area contributed by atoms with Gasteiger partial charge >= 0.3 is 0 Å². The van der Waals surface area contributed by atoms with Gasteiger partial charge in [-0.3, -0.25) is 0 Å². The molecule has 0 radical (unpaired) electrons.